The summed E-state index contributed by atoms with van der Waals surface area (Å²) in [6.07, 6.45) is 0.695. The molecule has 1 saturated heterocycles. The van der Waals surface area contributed by atoms with Crippen LogP contribution in [0.3, 0.4) is 0 Å². The maximum absolute atomic E-state index is 12.7. The molecule has 1 aromatic carbocycles. The molecule has 1 aliphatic heterocycles. The van der Waals surface area contributed by atoms with Gasteiger partial charge in [0.05, 0.1) is 25.0 Å². The number of ether oxygens (including phenoxy) is 1. The number of nitrogens with zero attached hydrogens (tertiary/aromatic N) is 2. The molecule has 1 heterocycles. The molecule has 0 aromatic heterocycles. The Morgan fingerprint density at radius 2 is 1.87 bits per heavy atom. The number of hydrogen-bond donors (Lipinski definition) is 0. The van der Waals surface area contributed by atoms with Crippen molar-refractivity contribution in [2.75, 3.05) is 32.8 Å². The first kappa shape index (κ1) is 16.0. The molecular formula is C18H24N2O3. The molecular weight excluding hydrogens is 292 g/mol. The summed E-state index contributed by atoms with van der Waals surface area (Å²) in [5, 5.41) is 0. The Balaban J connectivity index is 1.56. The molecule has 1 aromatic rings. The third-order valence-electron chi connectivity index (χ3n) is 4.66. The van der Waals surface area contributed by atoms with Gasteiger partial charge in [0, 0.05) is 26.2 Å². The van der Waals surface area contributed by atoms with E-state index in [1.54, 1.807) is 0 Å². The van der Waals surface area contributed by atoms with Gasteiger partial charge in [-0.25, -0.2) is 0 Å². The van der Waals surface area contributed by atoms with Crippen molar-refractivity contribution in [3.05, 3.63) is 35.9 Å². The van der Waals surface area contributed by atoms with Gasteiger partial charge in [0.25, 0.3) is 0 Å². The summed E-state index contributed by atoms with van der Waals surface area (Å²) in [5.41, 5.74) is 1.12. The van der Waals surface area contributed by atoms with E-state index in [0.717, 1.165) is 5.56 Å². The van der Waals surface area contributed by atoms with Crippen LogP contribution in [0, 0.1) is 11.8 Å². The molecule has 1 saturated carbocycles. The van der Waals surface area contributed by atoms with Gasteiger partial charge in [-0.15, -0.1) is 0 Å². The van der Waals surface area contributed by atoms with E-state index in [1.807, 2.05) is 47.1 Å². The van der Waals surface area contributed by atoms with E-state index in [4.69, 9.17) is 4.74 Å². The molecule has 5 heteroatoms. The molecule has 23 heavy (non-hydrogen) atoms. The molecule has 2 aliphatic rings. The third-order valence-corrected chi connectivity index (χ3v) is 4.66. The van der Waals surface area contributed by atoms with E-state index < -0.39 is 0 Å². The predicted molar refractivity (Wildman–Crippen MR) is 86.5 cm³/mol. The number of benzene rings is 1. The van der Waals surface area contributed by atoms with Crippen LogP contribution >= 0.6 is 0 Å². The lowest BCUT2D eigenvalue weighted by atomic mass is 10.2. The lowest BCUT2D eigenvalue weighted by Gasteiger charge is -2.27. The van der Waals surface area contributed by atoms with Crippen molar-refractivity contribution in [2.45, 2.75) is 19.9 Å². The second kappa shape index (κ2) is 7.13. The summed E-state index contributed by atoms with van der Waals surface area (Å²) in [5.74, 6) is -0.00944. The molecule has 0 bridgehead atoms. The topological polar surface area (TPSA) is 49.9 Å². The minimum Gasteiger partial charge on any atom is -0.378 e. The van der Waals surface area contributed by atoms with Gasteiger partial charge in [0.2, 0.25) is 11.8 Å². The maximum atomic E-state index is 12.7. The van der Waals surface area contributed by atoms with Gasteiger partial charge in [-0.1, -0.05) is 30.3 Å². The van der Waals surface area contributed by atoms with E-state index in [-0.39, 0.29) is 23.7 Å². The summed E-state index contributed by atoms with van der Waals surface area (Å²) in [6.45, 7) is 5.78. The Hall–Kier alpha value is -1.88. The van der Waals surface area contributed by atoms with E-state index in [9.17, 15) is 9.59 Å². The minimum absolute atomic E-state index is 0.114. The van der Waals surface area contributed by atoms with E-state index in [1.165, 1.54) is 0 Å². The Morgan fingerprint density at radius 1 is 1.17 bits per heavy atom. The van der Waals surface area contributed by atoms with Crippen LogP contribution in [0.4, 0.5) is 0 Å². The first-order valence-electron chi connectivity index (χ1n) is 8.40. The number of hydrogen-bond acceptors (Lipinski definition) is 3. The Kier molecular flexibility index (Phi) is 4.96. The molecule has 3 rings (SSSR count). The van der Waals surface area contributed by atoms with Crippen molar-refractivity contribution < 1.29 is 14.3 Å². The third kappa shape index (κ3) is 3.72. The van der Waals surface area contributed by atoms with Gasteiger partial charge in [0.1, 0.15) is 0 Å². The first-order chi connectivity index (χ1) is 11.2. The SMILES string of the molecule is CCN(Cc1ccccc1)C(=O)C1CC1C(=O)N1CCOCC1. The Morgan fingerprint density at radius 3 is 2.52 bits per heavy atom. The summed E-state index contributed by atoms with van der Waals surface area (Å²) in [7, 11) is 0. The van der Waals surface area contributed by atoms with Crippen molar-refractivity contribution in [2.24, 2.45) is 11.8 Å². The largest absolute Gasteiger partial charge is 0.378 e. The van der Waals surface area contributed by atoms with Gasteiger partial charge in [0.15, 0.2) is 0 Å². The van der Waals surface area contributed by atoms with Crippen LogP contribution in [0.1, 0.15) is 18.9 Å². The standard InChI is InChI=1S/C18H24N2O3/c1-2-19(13-14-6-4-3-5-7-14)17(21)15-12-16(15)18(22)20-8-10-23-11-9-20/h3-7,15-16H,2,8-13H2,1H3. The summed E-state index contributed by atoms with van der Waals surface area (Å²) >= 11 is 0. The van der Waals surface area contributed by atoms with Crippen LogP contribution < -0.4 is 0 Å². The highest BCUT2D eigenvalue weighted by Crippen LogP contribution is 2.41. The highest BCUT2D eigenvalue weighted by Gasteiger charge is 2.50. The van der Waals surface area contributed by atoms with Crippen molar-refractivity contribution in [3.63, 3.8) is 0 Å². The van der Waals surface area contributed by atoms with Gasteiger partial charge in [-0.3, -0.25) is 9.59 Å². The Labute approximate surface area is 137 Å². The second-order valence-electron chi connectivity index (χ2n) is 6.22. The minimum atomic E-state index is -0.131. The molecule has 124 valence electrons. The van der Waals surface area contributed by atoms with Gasteiger partial charge >= 0.3 is 0 Å². The highest BCUT2D eigenvalue weighted by molar-refractivity contribution is 5.92. The average molecular weight is 316 g/mol. The molecule has 2 unspecified atom stereocenters. The monoisotopic (exact) mass is 316 g/mol. The van der Waals surface area contributed by atoms with Crippen LogP contribution in [0.5, 0.6) is 0 Å². The van der Waals surface area contributed by atoms with Gasteiger partial charge in [-0.2, -0.15) is 0 Å². The van der Waals surface area contributed by atoms with Crippen LogP contribution in [-0.4, -0.2) is 54.5 Å². The van der Waals surface area contributed by atoms with Crippen molar-refractivity contribution in [3.8, 4) is 0 Å². The molecule has 2 amide bonds. The number of morpholine rings is 1. The fourth-order valence-electron chi connectivity index (χ4n) is 3.14. The molecule has 0 spiro atoms. The predicted octanol–water partition coefficient (Wildman–Crippen LogP) is 1.53. The highest BCUT2D eigenvalue weighted by atomic mass is 16.5. The summed E-state index contributed by atoms with van der Waals surface area (Å²) < 4.78 is 5.28. The van der Waals surface area contributed by atoms with Crippen LogP contribution in [0.25, 0.3) is 0 Å². The number of amides is 2. The van der Waals surface area contributed by atoms with Gasteiger partial charge < -0.3 is 14.5 Å². The van der Waals surface area contributed by atoms with Crippen LogP contribution in [-0.2, 0) is 20.9 Å². The average Bonchev–Trinajstić information content (AvgIpc) is 3.41. The zero-order valence-electron chi connectivity index (χ0n) is 13.6. The molecule has 2 fully saturated rings. The smallest absolute Gasteiger partial charge is 0.226 e. The molecule has 1 aliphatic carbocycles. The lowest BCUT2D eigenvalue weighted by Crippen LogP contribution is -2.42. The van der Waals surface area contributed by atoms with E-state index >= 15 is 0 Å². The zero-order valence-corrected chi connectivity index (χ0v) is 13.6. The zero-order chi connectivity index (χ0) is 16.2. The van der Waals surface area contributed by atoms with E-state index in [2.05, 4.69) is 0 Å². The summed E-state index contributed by atoms with van der Waals surface area (Å²) in [4.78, 5) is 28.8. The number of carbonyl (C=O) groups excluding carboxylic acids is 2. The normalized spacial score (nSPS) is 23.4. The molecule has 5 nitrogen and oxygen atoms in total. The fraction of sp³-hybridized carbons (Fsp3) is 0.556. The van der Waals surface area contributed by atoms with E-state index in [0.29, 0.717) is 45.8 Å². The number of rotatable bonds is 5. The van der Waals surface area contributed by atoms with Crippen molar-refractivity contribution in [1.82, 2.24) is 9.80 Å². The quantitative estimate of drug-likeness (QED) is 0.828. The fourth-order valence-corrected chi connectivity index (χ4v) is 3.14. The van der Waals surface area contributed by atoms with Crippen LogP contribution in [0.15, 0.2) is 30.3 Å². The lowest BCUT2D eigenvalue weighted by molar-refractivity contribution is -0.140. The van der Waals surface area contributed by atoms with Crippen molar-refractivity contribution in [1.29, 1.82) is 0 Å². The molecule has 2 atom stereocenters. The maximum Gasteiger partial charge on any atom is 0.226 e. The summed E-state index contributed by atoms with van der Waals surface area (Å²) in [6, 6.07) is 9.99. The molecule has 0 N–H and O–H groups in total. The van der Waals surface area contributed by atoms with Crippen molar-refractivity contribution >= 4 is 11.8 Å². The number of carbonyl (C=O) groups is 2. The second-order valence-corrected chi connectivity index (χ2v) is 6.22. The van der Waals surface area contributed by atoms with Crippen LogP contribution in [0.2, 0.25) is 0 Å². The van der Waals surface area contributed by atoms with Gasteiger partial charge in [-0.05, 0) is 18.9 Å². The molecule has 0 radical (unpaired) electrons. The first-order valence-corrected chi connectivity index (χ1v) is 8.40. The Bertz CT molecular complexity index is 555.